The molecule has 0 spiro atoms. The molecule has 0 bridgehead atoms. The van der Waals surface area contributed by atoms with Crippen molar-refractivity contribution in [3.8, 4) is 0 Å². The van der Waals surface area contributed by atoms with E-state index < -0.39 is 10.0 Å². The molecule has 18 heavy (non-hydrogen) atoms. The first kappa shape index (κ1) is 13.5. The van der Waals surface area contributed by atoms with Crippen LogP contribution < -0.4 is 5.32 Å². The predicted octanol–water partition coefficient (Wildman–Crippen LogP) is 0.481. The van der Waals surface area contributed by atoms with E-state index in [9.17, 15) is 8.42 Å². The van der Waals surface area contributed by atoms with E-state index in [0.29, 0.717) is 12.4 Å². The van der Waals surface area contributed by atoms with Gasteiger partial charge in [0.25, 0.3) is 10.0 Å². The molecule has 0 unspecified atom stereocenters. The second-order valence-electron chi connectivity index (χ2n) is 4.52. The molecule has 1 saturated heterocycles. The summed E-state index contributed by atoms with van der Waals surface area (Å²) in [5.41, 5.74) is 0. The Bertz CT molecular complexity index is 491. The summed E-state index contributed by atoms with van der Waals surface area (Å²) >= 11 is 0. The zero-order valence-electron chi connectivity index (χ0n) is 10.8. The van der Waals surface area contributed by atoms with Crippen molar-refractivity contribution in [3.05, 3.63) is 12.0 Å². The van der Waals surface area contributed by atoms with Crippen molar-refractivity contribution in [2.24, 2.45) is 0 Å². The van der Waals surface area contributed by atoms with Gasteiger partial charge in [-0.3, -0.25) is 0 Å². The highest BCUT2D eigenvalue weighted by molar-refractivity contribution is 7.89. The lowest BCUT2D eigenvalue weighted by atomic mass is 10.1. The van der Waals surface area contributed by atoms with Gasteiger partial charge in [-0.2, -0.15) is 4.31 Å². The molecule has 6 nitrogen and oxygen atoms in total. The van der Waals surface area contributed by atoms with Gasteiger partial charge in [0.15, 0.2) is 5.03 Å². The lowest BCUT2D eigenvalue weighted by Crippen LogP contribution is -2.46. The maximum Gasteiger partial charge on any atom is 0.260 e. The van der Waals surface area contributed by atoms with Crippen molar-refractivity contribution in [1.82, 2.24) is 19.6 Å². The molecular weight excluding hydrogens is 252 g/mol. The van der Waals surface area contributed by atoms with Gasteiger partial charge in [-0.05, 0) is 32.9 Å². The van der Waals surface area contributed by atoms with Crippen LogP contribution in [0.25, 0.3) is 0 Å². The van der Waals surface area contributed by atoms with Gasteiger partial charge >= 0.3 is 0 Å². The molecule has 7 heteroatoms. The summed E-state index contributed by atoms with van der Waals surface area (Å²) in [6.45, 7) is 5.87. The Morgan fingerprint density at radius 2 is 2.11 bits per heavy atom. The summed E-state index contributed by atoms with van der Waals surface area (Å²) in [6.07, 6.45) is 3.12. The van der Waals surface area contributed by atoms with Crippen molar-refractivity contribution in [3.63, 3.8) is 0 Å². The SMILES string of the molecule is CCN(C1CCNCC1)S(=O)(=O)c1cnc(C)[nH]1. The van der Waals surface area contributed by atoms with Gasteiger partial charge in [-0.25, -0.2) is 13.4 Å². The average Bonchev–Trinajstić information content (AvgIpc) is 2.78. The van der Waals surface area contributed by atoms with Crippen molar-refractivity contribution in [2.45, 2.75) is 37.8 Å². The molecule has 2 heterocycles. The lowest BCUT2D eigenvalue weighted by Gasteiger charge is -2.32. The van der Waals surface area contributed by atoms with Crippen LogP contribution in [0.1, 0.15) is 25.6 Å². The normalized spacial score (nSPS) is 18.4. The van der Waals surface area contributed by atoms with Gasteiger partial charge in [0.1, 0.15) is 5.82 Å². The van der Waals surface area contributed by atoms with Crippen molar-refractivity contribution in [2.75, 3.05) is 19.6 Å². The Morgan fingerprint density at radius 1 is 1.44 bits per heavy atom. The number of aromatic amines is 1. The lowest BCUT2D eigenvalue weighted by molar-refractivity contribution is 0.270. The topological polar surface area (TPSA) is 78.1 Å². The minimum absolute atomic E-state index is 0.0878. The van der Waals surface area contributed by atoms with E-state index in [1.165, 1.54) is 6.20 Å². The molecule has 0 aliphatic carbocycles. The summed E-state index contributed by atoms with van der Waals surface area (Å²) < 4.78 is 26.6. The molecule has 0 radical (unpaired) electrons. The highest BCUT2D eigenvalue weighted by Gasteiger charge is 2.32. The third-order valence-electron chi connectivity index (χ3n) is 3.29. The van der Waals surface area contributed by atoms with E-state index in [-0.39, 0.29) is 11.1 Å². The largest absolute Gasteiger partial charge is 0.332 e. The number of hydrogen-bond acceptors (Lipinski definition) is 4. The minimum Gasteiger partial charge on any atom is -0.332 e. The third-order valence-corrected chi connectivity index (χ3v) is 5.23. The maximum absolute atomic E-state index is 12.5. The summed E-state index contributed by atoms with van der Waals surface area (Å²) in [5, 5.41) is 3.44. The van der Waals surface area contributed by atoms with Crippen LogP contribution >= 0.6 is 0 Å². The molecule has 1 aliphatic rings. The van der Waals surface area contributed by atoms with Crippen LogP contribution in [0.4, 0.5) is 0 Å². The smallest absolute Gasteiger partial charge is 0.260 e. The molecule has 2 rings (SSSR count). The molecule has 0 amide bonds. The van der Waals surface area contributed by atoms with Gasteiger partial charge in [0, 0.05) is 12.6 Å². The second kappa shape index (κ2) is 5.38. The molecule has 1 aromatic heterocycles. The van der Waals surface area contributed by atoms with Gasteiger partial charge < -0.3 is 10.3 Å². The number of imidazole rings is 1. The standard InChI is InChI=1S/C11H20N4O2S/c1-3-15(10-4-6-12-7-5-10)18(16,17)11-8-13-9(2)14-11/h8,10,12H,3-7H2,1-2H3,(H,13,14). The van der Waals surface area contributed by atoms with E-state index in [0.717, 1.165) is 25.9 Å². The van der Waals surface area contributed by atoms with E-state index in [1.54, 1.807) is 11.2 Å². The number of piperidine rings is 1. The number of H-pyrrole nitrogens is 1. The molecule has 0 saturated carbocycles. The van der Waals surface area contributed by atoms with Crippen LogP contribution in [-0.2, 0) is 10.0 Å². The third kappa shape index (κ3) is 2.57. The van der Waals surface area contributed by atoms with Gasteiger partial charge in [-0.1, -0.05) is 6.92 Å². The minimum atomic E-state index is -3.44. The number of nitrogens with one attached hydrogen (secondary N) is 2. The molecule has 0 atom stereocenters. The van der Waals surface area contributed by atoms with Crippen molar-refractivity contribution < 1.29 is 8.42 Å². The number of hydrogen-bond donors (Lipinski definition) is 2. The number of nitrogens with zero attached hydrogens (tertiary/aromatic N) is 2. The first-order chi connectivity index (χ1) is 8.55. The number of rotatable bonds is 4. The second-order valence-corrected chi connectivity index (χ2v) is 6.38. The predicted molar refractivity (Wildman–Crippen MR) is 68.8 cm³/mol. The average molecular weight is 272 g/mol. The Hall–Kier alpha value is -0.920. The summed E-state index contributed by atoms with van der Waals surface area (Å²) in [6, 6.07) is 0.0878. The summed E-state index contributed by atoms with van der Waals surface area (Å²) in [5.74, 6) is 0.620. The molecular formula is C11H20N4O2S. The Labute approximate surface area is 108 Å². The van der Waals surface area contributed by atoms with Gasteiger partial charge in [-0.15, -0.1) is 0 Å². The quantitative estimate of drug-likeness (QED) is 0.835. The zero-order chi connectivity index (χ0) is 13.2. The van der Waals surface area contributed by atoms with Crippen LogP contribution in [-0.4, -0.2) is 48.4 Å². The first-order valence-electron chi connectivity index (χ1n) is 6.30. The van der Waals surface area contributed by atoms with Gasteiger partial charge in [0.2, 0.25) is 0 Å². The Kier molecular flexibility index (Phi) is 4.04. The first-order valence-corrected chi connectivity index (χ1v) is 7.74. The highest BCUT2D eigenvalue weighted by Crippen LogP contribution is 2.20. The van der Waals surface area contributed by atoms with Crippen LogP contribution in [0.5, 0.6) is 0 Å². The monoisotopic (exact) mass is 272 g/mol. The maximum atomic E-state index is 12.5. The number of aryl methyl sites for hydroxylation is 1. The molecule has 0 aromatic carbocycles. The fraction of sp³-hybridized carbons (Fsp3) is 0.727. The molecule has 1 aliphatic heterocycles. The van der Waals surface area contributed by atoms with Crippen LogP contribution in [0.3, 0.4) is 0 Å². The highest BCUT2D eigenvalue weighted by atomic mass is 32.2. The van der Waals surface area contributed by atoms with Gasteiger partial charge in [0.05, 0.1) is 6.20 Å². The number of sulfonamides is 1. The molecule has 1 fully saturated rings. The molecule has 1 aromatic rings. The fourth-order valence-corrected chi connectivity index (χ4v) is 4.03. The Balaban J connectivity index is 2.25. The van der Waals surface area contributed by atoms with Crippen LogP contribution in [0, 0.1) is 6.92 Å². The Morgan fingerprint density at radius 3 is 2.61 bits per heavy atom. The van der Waals surface area contributed by atoms with Crippen molar-refractivity contribution in [1.29, 1.82) is 0 Å². The molecule has 102 valence electrons. The van der Waals surface area contributed by atoms with Crippen molar-refractivity contribution >= 4 is 10.0 Å². The zero-order valence-corrected chi connectivity index (χ0v) is 11.6. The van der Waals surface area contributed by atoms with E-state index in [1.807, 2.05) is 6.92 Å². The molecule has 2 N–H and O–H groups in total. The fourth-order valence-electron chi connectivity index (χ4n) is 2.37. The van der Waals surface area contributed by atoms with E-state index in [4.69, 9.17) is 0 Å². The van der Waals surface area contributed by atoms with Crippen LogP contribution in [0.2, 0.25) is 0 Å². The van der Waals surface area contributed by atoms with E-state index in [2.05, 4.69) is 15.3 Å². The van der Waals surface area contributed by atoms with E-state index >= 15 is 0 Å². The number of aromatic nitrogens is 2. The summed E-state index contributed by atoms with van der Waals surface area (Å²) in [7, 11) is -3.44. The van der Waals surface area contributed by atoms with Crippen LogP contribution in [0.15, 0.2) is 11.2 Å². The summed E-state index contributed by atoms with van der Waals surface area (Å²) in [4.78, 5) is 6.78.